The number of imidazole rings is 1. The Bertz CT molecular complexity index is 2850. The van der Waals surface area contributed by atoms with Crippen molar-refractivity contribution in [1.29, 1.82) is 0 Å². The second-order valence-corrected chi connectivity index (χ2v) is 12.7. The van der Waals surface area contributed by atoms with Gasteiger partial charge in [0.05, 0.1) is 11.0 Å². The van der Waals surface area contributed by atoms with Crippen LogP contribution >= 0.6 is 0 Å². The zero-order valence-electron chi connectivity index (χ0n) is 27.5. The average Bonchev–Trinajstić information content (AvgIpc) is 3.62. The van der Waals surface area contributed by atoms with Gasteiger partial charge in [0.1, 0.15) is 5.82 Å². The molecule has 10 aromatic rings. The molecule has 5 nitrogen and oxygen atoms in total. The highest BCUT2D eigenvalue weighted by molar-refractivity contribution is 6.24. The third-order valence-corrected chi connectivity index (χ3v) is 9.62. The van der Waals surface area contributed by atoms with Crippen molar-refractivity contribution in [3.05, 3.63) is 176 Å². The predicted molar refractivity (Wildman–Crippen MR) is 209 cm³/mol. The van der Waals surface area contributed by atoms with Crippen molar-refractivity contribution in [2.45, 2.75) is 0 Å². The maximum Gasteiger partial charge on any atom is 0.164 e. The highest BCUT2D eigenvalue weighted by Gasteiger charge is 2.22. The molecule has 0 radical (unpaired) electrons. The van der Waals surface area contributed by atoms with Crippen molar-refractivity contribution in [3.63, 3.8) is 0 Å². The van der Waals surface area contributed by atoms with E-state index in [0.29, 0.717) is 17.5 Å². The minimum Gasteiger partial charge on any atom is -0.292 e. The lowest BCUT2D eigenvalue weighted by Crippen LogP contribution is -2.02. The topological polar surface area (TPSA) is 56.5 Å². The van der Waals surface area contributed by atoms with Crippen LogP contribution in [-0.2, 0) is 0 Å². The number of aromatic nitrogens is 5. The average molecular weight is 652 g/mol. The molecule has 8 aromatic carbocycles. The van der Waals surface area contributed by atoms with E-state index in [0.717, 1.165) is 61.0 Å². The van der Waals surface area contributed by atoms with Crippen LogP contribution in [0.1, 0.15) is 0 Å². The van der Waals surface area contributed by atoms with Crippen LogP contribution in [-0.4, -0.2) is 24.5 Å². The lowest BCUT2D eigenvalue weighted by molar-refractivity contribution is 1.07. The Kier molecular flexibility index (Phi) is 6.74. The van der Waals surface area contributed by atoms with Crippen LogP contribution in [0.3, 0.4) is 0 Å². The summed E-state index contributed by atoms with van der Waals surface area (Å²) < 4.78 is 2.33. The van der Waals surface area contributed by atoms with E-state index in [4.69, 9.17) is 19.9 Å². The fourth-order valence-electron chi connectivity index (χ4n) is 7.28. The van der Waals surface area contributed by atoms with Crippen LogP contribution in [0.4, 0.5) is 0 Å². The normalized spacial score (nSPS) is 11.5. The van der Waals surface area contributed by atoms with Gasteiger partial charge < -0.3 is 0 Å². The number of benzene rings is 8. The molecule has 238 valence electrons. The van der Waals surface area contributed by atoms with Crippen molar-refractivity contribution >= 4 is 43.4 Å². The number of fused-ring (bicyclic) bond motifs is 7. The smallest absolute Gasteiger partial charge is 0.164 e. The van der Waals surface area contributed by atoms with Crippen LogP contribution in [0.25, 0.3) is 94.6 Å². The molecular formula is C46H29N5. The van der Waals surface area contributed by atoms with Gasteiger partial charge in [-0.3, -0.25) is 4.57 Å². The summed E-state index contributed by atoms with van der Waals surface area (Å²) in [5.41, 5.74) is 6.84. The Balaban J connectivity index is 1.27. The Morgan fingerprint density at radius 2 is 0.843 bits per heavy atom. The van der Waals surface area contributed by atoms with E-state index in [-0.39, 0.29) is 0 Å². The minimum absolute atomic E-state index is 0.607. The van der Waals surface area contributed by atoms with Crippen LogP contribution in [0.5, 0.6) is 0 Å². The number of rotatable bonds is 5. The van der Waals surface area contributed by atoms with Crippen molar-refractivity contribution < 1.29 is 0 Å². The first-order chi connectivity index (χ1) is 25.3. The Morgan fingerprint density at radius 1 is 0.353 bits per heavy atom. The van der Waals surface area contributed by atoms with Crippen LogP contribution in [0.15, 0.2) is 176 Å². The van der Waals surface area contributed by atoms with Gasteiger partial charge in [0.25, 0.3) is 0 Å². The molecule has 0 spiro atoms. The Morgan fingerprint density at radius 3 is 1.53 bits per heavy atom. The van der Waals surface area contributed by atoms with Gasteiger partial charge in [0.2, 0.25) is 0 Å². The summed E-state index contributed by atoms with van der Waals surface area (Å²) in [5, 5.41) is 6.98. The number of nitrogens with zero attached hydrogens (tertiary/aromatic N) is 5. The number of hydrogen-bond acceptors (Lipinski definition) is 4. The lowest BCUT2D eigenvalue weighted by Gasteiger charge is -2.15. The summed E-state index contributed by atoms with van der Waals surface area (Å²) in [6.45, 7) is 0. The largest absolute Gasteiger partial charge is 0.292 e. The predicted octanol–water partition coefficient (Wildman–Crippen LogP) is 11.3. The first-order valence-corrected chi connectivity index (χ1v) is 17.1. The highest BCUT2D eigenvalue weighted by Crippen LogP contribution is 2.41. The zero-order valence-corrected chi connectivity index (χ0v) is 27.5. The molecule has 0 fully saturated rings. The molecule has 0 aliphatic heterocycles. The summed E-state index contributed by atoms with van der Waals surface area (Å²) >= 11 is 0. The van der Waals surface area contributed by atoms with E-state index in [2.05, 4.69) is 120 Å². The van der Waals surface area contributed by atoms with Crippen LogP contribution in [0.2, 0.25) is 0 Å². The third kappa shape index (κ3) is 4.86. The van der Waals surface area contributed by atoms with E-state index >= 15 is 0 Å². The van der Waals surface area contributed by atoms with E-state index in [9.17, 15) is 0 Å². The van der Waals surface area contributed by atoms with E-state index in [1.807, 2.05) is 60.7 Å². The van der Waals surface area contributed by atoms with Crippen LogP contribution in [0, 0.1) is 0 Å². The maximum atomic E-state index is 5.52. The van der Waals surface area contributed by atoms with Crippen LogP contribution < -0.4 is 0 Å². The molecular weight excluding hydrogens is 623 g/mol. The standard InChI is InChI=1S/C46H29N5/c1-3-16-31(17-4-1)43-48-44(32-18-5-2-6-19-32)50-45(49-43)33-21-13-22-34(29-33)51-42-39-27-12-10-25-37(39)36-24-9-11-26-38(36)41(42)47-46(51)40-28-14-20-30-15-7-8-23-35(30)40/h1-29H. The van der Waals surface area contributed by atoms with Crippen molar-refractivity contribution in [1.82, 2.24) is 24.5 Å². The fourth-order valence-corrected chi connectivity index (χ4v) is 7.28. The Hall–Kier alpha value is -6.98. The second-order valence-electron chi connectivity index (χ2n) is 12.7. The maximum absolute atomic E-state index is 5.52. The number of hydrogen-bond donors (Lipinski definition) is 0. The lowest BCUT2D eigenvalue weighted by atomic mass is 10.00. The molecule has 0 aliphatic carbocycles. The molecule has 10 rings (SSSR count). The molecule has 0 bridgehead atoms. The SMILES string of the molecule is c1ccc(-c2nc(-c3ccccc3)nc(-c3cccc(-n4c(-c5cccc6ccccc56)nc5c6ccccc6c6ccccc6c54)c3)n2)cc1. The molecule has 0 saturated carbocycles. The molecule has 0 aliphatic rings. The molecule has 0 atom stereocenters. The molecule has 2 heterocycles. The zero-order chi connectivity index (χ0) is 33.7. The molecule has 0 N–H and O–H groups in total. The van der Waals surface area contributed by atoms with Gasteiger partial charge >= 0.3 is 0 Å². The fraction of sp³-hybridized carbons (Fsp3) is 0. The molecule has 2 aromatic heterocycles. The second kappa shape index (κ2) is 11.9. The molecule has 51 heavy (non-hydrogen) atoms. The van der Waals surface area contributed by atoms with E-state index < -0.39 is 0 Å². The molecule has 0 unspecified atom stereocenters. The van der Waals surface area contributed by atoms with Gasteiger partial charge in [-0.1, -0.05) is 164 Å². The van der Waals surface area contributed by atoms with E-state index in [1.54, 1.807) is 0 Å². The van der Waals surface area contributed by atoms with Gasteiger partial charge in [-0.15, -0.1) is 0 Å². The first-order valence-electron chi connectivity index (χ1n) is 17.1. The Labute approximate surface area is 294 Å². The molecule has 0 amide bonds. The summed E-state index contributed by atoms with van der Waals surface area (Å²) in [4.78, 5) is 20.5. The van der Waals surface area contributed by atoms with Gasteiger partial charge in [-0.2, -0.15) is 0 Å². The quantitative estimate of drug-likeness (QED) is 0.174. The van der Waals surface area contributed by atoms with Crippen molar-refractivity contribution in [2.75, 3.05) is 0 Å². The monoisotopic (exact) mass is 651 g/mol. The summed E-state index contributed by atoms with van der Waals surface area (Å²) in [5.74, 6) is 2.75. The first kappa shape index (κ1) is 29.0. The summed E-state index contributed by atoms with van der Waals surface area (Å²) in [6.07, 6.45) is 0. The molecule has 0 saturated heterocycles. The van der Waals surface area contributed by atoms with Crippen molar-refractivity contribution in [2.24, 2.45) is 0 Å². The van der Waals surface area contributed by atoms with Crippen molar-refractivity contribution in [3.8, 4) is 51.2 Å². The van der Waals surface area contributed by atoms with Gasteiger partial charge in [0.15, 0.2) is 17.5 Å². The highest BCUT2D eigenvalue weighted by atomic mass is 15.1. The summed E-state index contributed by atoms with van der Waals surface area (Å²) in [6, 6.07) is 60.9. The summed E-state index contributed by atoms with van der Waals surface area (Å²) in [7, 11) is 0. The van der Waals surface area contributed by atoms with E-state index in [1.165, 1.54) is 16.2 Å². The van der Waals surface area contributed by atoms with Gasteiger partial charge in [0, 0.05) is 38.7 Å². The molecule has 5 heteroatoms. The van der Waals surface area contributed by atoms with Gasteiger partial charge in [-0.25, -0.2) is 19.9 Å². The third-order valence-electron chi connectivity index (χ3n) is 9.62. The van der Waals surface area contributed by atoms with Gasteiger partial charge in [-0.05, 0) is 33.7 Å². The minimum atomic E-state index is 0.607.